The van der Waals surface area contributed by atoms with Gasteiger partial charge in [0.2, 0.25) is 5.91 Å². The number of hydrogen-bond donors (Lipinski definition) is 1. The first-order valence-corrected chi connectivity index (χ1v) is 10.3. The predicted molar refractivity (Wildman–Crippen MR) is 116 cm³/mol. The molecule has 0 fully saturated rings. The van der Waals surface area contributed by atoms with Crippen LogP contribution in [0.3, 0.4) is 0 Å². The molecular formula is C22H19Cl2NOS. The van der Waals surface area contributed by atoms with Gasteiger partial charge in [0.15, 0.2) is 0 Å². The van der Waals surface area contributed by atoms with Crippen molar-refractivity contribution in [1.82, 2.24) is 0 Å². The van der Waals surface area contributed by atoms with E-state index in [1.54, 1.807) is 11.8 Å². The van der Waals surface area contributed by atoms with Crippen LogP contribution in [-0.4, -0.2) is 5.91 Å². The van der Waals surface area contributed by atoms with Crippen molar-refractivity contribution in [2.75, 3.05) is 5.32 Å². The van der Waals surface area contributed by atoms with Gasteiger partial charge >= 0.3 is 0 Å². The molecule has 0 radical (unpaired) electrons. The third-order valence-corrected chi connectivity index (χ3v) is 5.67. The molecule has 0 aliphatic heterocycles. The lowest BCUT2D eigenvalue weighted by Crippen LogP contribution is -2.13. The van der Waals surface area contributed by atoms with Crippen LogP contribution in [0.5, 0.6) is 0 Å². The summed E-state index contributed by atoms with van der Waals surface area (Å²) in [6.45, 7) is 0. The first-order chi connectivity index (χ1) is 13.1. The number of rotatable bonds is 7. The summed E-state index contributed by atoms with van der Waals surface area (Å²) in [5, 5.41) is 4.47. The molecule has 27 heavy (non-hydrogen) atoms. The van der Waals surface area contributed by atoms with Gasteiger partial charge in [0, 0.05) is 27.1 Å². The summed E-state index contributed by atoms with van der Waals surface area (Å²) in [4.78, 5) is 13.4. The molecule has 3 aromatic rings. The Morgan fingerprint density at radius 1 is 0.815 bits per heavy atom. The summed E-state index contributed by atoms with van der Waals surface area (Å²) in [6, 6.07) is 23.3. The molecule has 3 aromatic carbocycles. The summed E-state index contributed by atoms with van der Waals surface area (Å²) in [7, 11) is 0. The van der Waals surface area contributed by atoms with Crippen molar-refractivity contribution in [2.24, 2.45) is 0 Å². The number of anilines is 1. The second-order valence-electron chi connectivity index (χ2n) is 6.09. The van der Waals surface area contributed by atoms with Crippen molar-refractivity contribution in [3.63, 3.8) is 0 Å². The Labute approximate surface area is 173 Å². The zero-order valence-electron chi connectivity index (χ0n) is 14.6. The Kier molecular flexibility index (Phi) is 7.22. The Bertz CT molecular complexity index is 895. The number of halogens is 2. The minimum absolute atomic E-state index is 0.00416. The van der Waals surface area contributed by atoms with Crippen LogP contribution in [0, 0.1) is 0 Å². The van der Waals surface area contributed by atoms with Gasteiger partial charge in [-0.15, -0.1) is 11.8 Å². The molecule has 3 rings (SSSR count). The summed E-state index contributed by atoms with van der Waals surface area (Å²) in [5.74, 6) is 0.818. The van der Waals surface area contributed by atoms with Crippen LogP contribution in [0.25, 0.3) is 0 Å². The van der Waals surface area contributed by atoms with E-state index in [-0.39, 0.29) is 5.91 Å². The quantitative estimate of drug-likeness (QED) is 0.427. The van der Waals surface area contributed by atoms with E-state index in [0.29, 0.717) is 17.9 Å². The number of aryl methyl sites for hydroxylation is 1. The number of amides is 1. The van der Waals surface area contributed by atoms with Gasteiger partial charge in [-0.2, -0.15) is 0 Å². The number of nitrogens with one attached hydrogen (secondary N) is 1. The van der Waals surface area contributed by atoms with Crippen LogP contribution in [0.2, 0.25) is 10.0 Å². The number of hydrogen-bond acceptors (Lipinski definition) is 2. The number of thioether (sulfide) groups is 1. The minimum atomic E-state index is 0.00416. The minimum Gasteiger partial charge on any atom is -0.325 e. The van der Waals surface area contributed by atoms with Crippen LogP contribution >= 0.6 is 35.0 Å². The van der Waals surface area contributed by atoms with Gasteiger partial charge < -0.3 is 5.32 Å². The zero-order valence-corrected chi connectivity index (χ0v) is 17.0. The van der Waals surface area contributed by atoms with Gasteiger partial charge in [0.05, 0.1) is 5.69 Å². The van der Waals surface area contributed by atoms with Crippen LogP contribution in [-0.2, 0) is 17.0 Å². The van der Waals surface area contributed by atoms with Crippen molar-refractivity contribution >= 4 is 46.6 Å². The lowest BCUT2D eigenvalue weighted by atomic mass is 10.1. The fourth-order valence-electron chi connectivity index (χ4n) is 2.56. The lowest BCUT2D eigenvalue weighted by molar-refractivity contribution is -0.116. The molecule has 0 aliphatic carbocycles. The summed E-state index contributed by atoms with van der Waals surface area (Å²) >= 11 is 13.5. The highest BCUT2D eigenvalue weighted by Gasteiger charge is 2.08. The Balaban J connectivity index is 1.57. The van der Waals surface area contributed by atoms with Crippen LogP contribution in [0.4, 0.5) is 5.69 Å². The molecule has 0 aromatic heterocycles. The number of para-hydroxylation sites is 1. The maximum atomic E-state index is 12.4. The Morgan fingerprint density at radius 2 is 1.41 bits per heavy atom. The van der Waals surface area contributed by atoms with Gasteiger partial charge in [-0.05, 0) is 53.9 Å². The number of benzene rings is 3. The third-order valence-electron chi connectivity index (χ3n) is 4.02. The van der Waals surface area contributed by atoms with Crippen molar-refractivity contribution in [3.05, 3.63) is 94.0 Å². The van der Waals surface area contributed by atoms with Crippen molar-refractivity contribution in [3.8, 4) is 0 Å². The normalized spacial score (nSPS) is 10.6. The van der Waals surface area contributed by atoms with E-state index in [0.717, 1.165) is 26.9 Å². The summed E-state index contributed by atoms with van der Waals surface area (Å²) < 4.78 is 0. The topological polar surface area (TPSA) is 29.1 Å². The molecule has 1 amide bonds. The molecule has 1 N–H and O–H groups in total. The zero-order chi connectivity index (χ0) is 19.1. The highest BCUT2D eigenvalue weighted by Crippen LogP contribution is 2.30. The van der Waals surface area contributed by atoms with E-state index >= 15 is 0 Å². The van der Waals surface area contributed by atoms with Gasteiger partial charge in [-0.3, -0.25) is 4.79 Å². The Hall–Kier alpha value is -1.94. The van der Waals surface area contributed by atoms with E-state index in [9.17, 15) is 4.79 Å². The molecule has 138 valence electrons. The van der Waals surface area contributed by atoms with Crippen molar-refractivity contribution in [2.45, 2.75) is 23.5 Å². The van der Waals surface area contributed by atoms with E-state index in [4.69, 9.17) is 23.2 Å². The molecule has 0 spiro atoms. The van der Waals surface area contributed by atoms with E-state index in [1.165, 1.54) is 5.56 Å². The van der Waals surface area contributed by atoms with Crippen LogP contribution in [0.15, 0.2) is 77.7 Å². The fourth-order valence-corrected chi connectivity index (χ4v) is 3.78. The largest absolute Gasteiger partial charge is 0.325 e. The van der Waals surface area contributed by atoms with Crippen molar-refractivity contribution in [1.29, 1.82) is 0 Å². The maximum absolute atomic E-state index is 12.4. The highest BCUT2D eigenvalue weighted by molar-refractivity contribution is 7.98. The molecule has 0 aliphatic rings. The molecule has 0 saturated carbocycles. The van der Waals surface area contributed by atoms with E-state index in [1.807, 2.05) is 72.8 Å². The molecule has 5 heteroatoms. The van der Waals surface area contributed by atoms with Gasteiger partial charge in [-0.25, -0.2) is 0 Å². The molecule has 0 atom stereocenters. The number of carbonyl (C=O) groups is 1. The van der Waals surface area contributed by atoms with Crippen LogP contribution < -0.4 is 5.32 Å². The average Bonchev–Trinajstić information content (AvgIpc) is 2.68. The monoisotopic (exact) mass is 415 g/mol. The highest BCUT2D eigenvalue weighted by atomic mass is 35.5. The van der Waals surface area contributed by atoms with E-state index < -0.39 is 0 Å². The number of carbonyl (C=O) groups excluding carboxylic acids is 1. The molecule has 0 saturated heterocycles. The summed E-state index contributed by atoms with van der Waals surface area (Å²) in [5.41, 5.74) is 3.13. The second-order valence-corrected chi connectivity index (χ2v) is 7.98. The fraction of sp³-hybridized carbons (Fsp3) is 0.136. The van der Waals surface area contributed by atoms with Gasteiger partial charge in [-0.1, -0.05) is 59.6 Å². The lowest BCUT2D eigenvalue weighted by Gasteiger charge is -2.11. The smallest absolute Gasteiger partial charge is 0.224 e. The molecular weight excluding hydrogens is 397 g/mol. The van der Waals surface area contributed by atoms with Crippen LogP contribution in [0.1, 0.15) is 17.5 Å². The molecule has 0 unspecified atom stereocenters. The average molecular weight is 416 g/mol. The molecule has 0 heterocycles. The third kappa shape index (κ3) is 6.31. The Morgan fingerprint density at radius 3 is 2.07 bits per heavy atom. The van der Waals surface area contributed by atoms with Gasteiger partial charge in [0.25, 0.3) is 0 Å². The molecule has 2 nitrogen and oxygen atoms in total. The predicted octanol–water partition coefficient (Wildman–Crippen LogP) is 6.86. The summed E-state index contributed by atoms with van der Waals surface area (Å²) in [6.07, 6.45) is 1.11. The van der Waals surface area contributed by atoms with E-state index in [2.05, 4.69) is 5.32 Å². The second kappa shape index (κ2) is 9.84. The standard InChI is InChI=1S/C22H19Cl2NOS/c23-18-10-5-16(6-11-18)9-14-22(26)25-20-3-1-2-4-21(20)27-15-17-7-12-19(24)13-8-17/h1-8,10-13H,9,14-15H2,(H,25,26). The maximum Gasteiger partial charge on any atom is 0.224 e. The van der Waals surface area contributed by atoms with Crippen molar-refractivity contribution < 1.29 is 4.79 Å². The first-order valence-electron chi connectivity index (χ1n) is 8.61. The first kappa shape index (κ1) is 19.8. The SMILES string of the molecule is O=C(CCc1ccc(Cl)cc1)Nc1ccccc1SCc1ccc(Cl)cc1. The van der Waals surface area contributed by atoms with Gasteiger partial charge in [0.1, 0.15) is 0 Å². The molecule has 0 bridgehead atoms.